The molecule has 0 heterocycles. The van der Waals surface area contributed by atoms with Crippen molar-refractivity contribution in [1.82, 2.24) is 5.32 Å². The van der Waals surface area contributed by atoms with E-state index in [0.717, 1.165) is 5.92 Å². The molecule has 0 aromatic heterocycles. The Morgan fingerprint density at radius 3 is 2.54 bits per heavy atom. The number of rotatable bonds is 3. The summed E-state index contributed by atoms with van der Waals surface area (Å²) < 4.78 is 0. The molecule has 0 amide bonds. The second kappa shape index (κ2) is 5.24. The molecule has 1 fully saturated rings. The van der Waals surface area contributed by atoms with E-state index in [9.17, 15) is 0 Å². The van der Waals surface area contributed by atoms with Crippen LogP contribution >= 0.6 is 0 Å². The molecule has 0 aliphatic heterocycles. The highest BCUT2D eigenvalue weighted by molar-refractivity contribution is 4.82. The van der Waals surface area contributed by atoms with Crippen LogP contribution in [0.3, 0.4) is 0 Å². The van der Waals surface area contributed by atoms with Gasteiger partial charge >= 0.3 is 0 Å². The van der Waals surface area contributed by atoms with Crippen LogP contribution < -0.4 is 5.32 Å². The molecule has 13 heavy (non-hydrogen) atoms. The zero-order valence-corrected chi connectivity index (χ0v) is 8.71. The first-order valence-electron chi connectivity index (χ1n) is 5.35. The maximum absolute atomic E-state index is 8.52. The molecular weight excluding hydrogens is 160 g/mol. The van der Waals surface area contributed by atoms with Crippen LogP contribution in [0.1, 0.15) is 46.0 Å². The fourth-order valence-electron chi connectivity index (χ4n) is 2.02. The Kier molecular flexibility index (Phi) is 4.24. The molecule has 0 saturated heterocycles. The van der Waals surface area contributed by atoms with Gasteiger partial charge in [-0.3, -0.25) is 0 Å². The van der Waals surface area contributed by atoms with E-state index in [4.69, 9.17) is 5.26 Å². The average Bonchev–Trinajstić information content (AvgIpc) is 2.09. The van der Waals surface area contributed by atoms with E-state index in [1.165, 1.54) is 25.7 Å². The van der Waals surface area contributed by atoms with Crippen LogP contribution in [-0.2, 0) is 0 Å². The third-order valence-corrected chi connectivity index (χ3v) is 2.93. The molecule has 0 radical (unpaired) electrons. The average molecular weight is 180 g/mol. The van der Waals surface area contributed by atoms with Crippen LogP contribution in [0.15, 0.2) is 0 Å². The highest BCUT2D eigenvalue weighted by atomic mass is 14.9. The lowest BCUT2D eigenvalue weighted by atomic mass is 9.87. The van der Waals surface area contributed by atoms with E-state index in [0.29, 0.717) is 18.5 Å². The van der Waals surface area contributed by atoms with Gasteiger partial charge in [-0.2, -0.15) is 5.26 Å². The van der Waals surface area contributed by atoms with Gasteiger partial charge in [0, 0.05) is 12.1 Å². The van der Waals surface area contributed by atoms with Crippen molar-refractivity contribution in [2.24, 2.45) is 5.92 Å². The molecule has 0 aromatic rings. The first-order chi connectivity index (χ1) is 6.22. The quantitative estimate of drug-likeness (QED) is 0.724. The smallest absolute Gasteiger partial charge is 0.0638 e. The minimum absolute atomic E-state index is 0.364. The van der Waals surface area contributed by atoms with E-state index >= 15 is 0 Å². The summed E-state index contributed by atoms with van der Waals surface area (Å²) in [5.74, 6) is 0.907. The number of hydrogen-bond acceptors (Lipinski definition) is 2. The van der Waals surface area contributed by atoms with Crippen molar-refractivity contribution in [1.29, 1.82) is 5.26 Å². The van der Waals surface area contributed by atoms with E-state index in [-0.39, 0.29) is 0 Å². The Bertz CT molecular complexity index is 175. The molecular formula is C11H20N2. The summed E-state index contributed by atoms with van der Waals surface area (Å²) in [6.07, 6.45) is 5.90. The molecule has 1 saturated carbocycles. The van der Waals surface area contributed by atoms with Gasteiger partial charge in [0.1, 0.15) is 0 Å². The van der Waals surface area contributed by atoms with Gasteiger partial charge in [-0.1, -0.05) is 6.92 Å². The van der Waals surface area contributed by atoms with Crippen LogP contribution in [0.25, 0.3) is 0 Å². The van der Waals surface area contributed by atoms with E-state index in [2.05, 4.69) is 25.2 Å². The van der Waals surface area contributed by atoms with Gasteiger partial charge < -0.3 is 5.32 Å². The Morgan fingerprint density at radius 2 is 2.00 bits per heavy atom. The molecule has 0 bridgehead atoms. The van der Waals surface area contributed by atoms with Gasteiger partial charge in [0.2, 0.25) is 0 Å². The third kappa shape index (κ3) is 3.78. The fraction of sp³-hybridized carbons (Fsp3) is 0.909. The lowest BCUT2D eigenvalue weighted by molar-refractivity contribution is 0.291. The van der Waals surface area contributed by atoms with Crippen LogP contribution in [0, 0.1) is 17.2 Å². The summed E-state index contributed by atoms with van der Waals surface area (Å²) in [4.78, 5) is 0. The van der Waals surface area contributed by atoms with Gasteiger partial charge in [0.25, 0.3) is 0 Å². The zero-order chi connectivity index (χ0) is 9.68. The van der Waals surface area contributed by atoms with Crippen molar-refractivity contribution in [2.75, 3.05) is 0 Å². The van der Waals surface area contributed by atoms with Gasteiger partial charge in [-0.15, -0.1) is 0 Å². The van der Waals surface area contributed by atoms with Crippen LogP contribution in [0.4, 0.5) is 0 Å². The monoisotopic (exact) mass is 180 g/mol. The number of nitrogens with one attached hydrogen (secondary N) is 1. The first kappa shape index (κ1) is 10.5. The number of nitriles is 1. The Hall–Kier alpha value is -0.550. The van der Waals surface area contributed by atoms with Gasteiger partial charge in [-0.25, -0.2) is 0 Å². The Labute approximate surface area is 81.3 Å². The molecule has 0 spiro atoms. The molecule has 2 heteroatoms. The summed E-state index contributed by atoms with van der Waals surface area (Å²) in [7, 11) is 0. The Balaban J connectivity index is 2.19. The van der Waals surface area contributed by atoms with Gasteiger partial charge in [0.05, 0.1) is 12.5 Å². The third-order valence-electron chi connectivity index (χ3n) is 2.93. The topological polar surface area (TPSA) is 35.8 Å². The Morgan fingerprint density at radius 1 is 1.38 bits per heavy atom. The molecule has 1 N–H and O–H groups in total. The number of hydrogen-bond donors (Lipinski definition) is 1. The van der Waals surface area contributed by atoms with E-state index < -0.39 is 0 Å². The second-order valence-electron chi connectivity index (χ2n) is 4.39. The highest BCUT2D eigenvalue weighted by Gasteiger charge is 2.18. The van der Waals surface area contributed by atoms with Crippen molar-refractivity contribution in [3.8, 4) is 6.07 Å². The second-order valence-corrected chi connectivity index (χ2v) is 4.39. The molecule has 0 aromatic carbocycles. The van der Waals surface area contributed by atoms with Crippen LogP contribution in [0.5, 0.6) is 0 Å². The summed E-state index contributed by atoms with van der Waals surface area (Å²) >= 11 is 0. The maximum Gasteiger partial charge on any atom is 0.0638 e. The molecule has 1 atom stereocenters. The minimum atomic E-state index is 0.364. The van der Waals surface area contributed by atoms with Gasteiger partial charge in [-0.05, 0) is 38.5 Å². The lowest BCUT2D eigenvalue weighted by Gasteiger charge is -2.28. The summed E-state index contributed by atoms with van der Waals surface area (Å²) in [5.41, 5.74) is 0. The van der Waals surface area contributed by atoms with Gasteiger partial charge in [0.15, 0.2) is 0 Å². The van der Waals surface area contributed by atoms with Crippen molar-refractivity contribution in [2.45, 2.75) is 58.0 Å². The predicted molar refractivity (Wildman–Crippen MR) is 54.2 cm³/mol. The van der Waals surface area contributed by atoms with Crippen molar-refractivity contribution < 1.29 is 0 Å². The molecule has 2 nitrogen and oxygen atoms in total. The first-order valence-corrected chi connectivity index (χ1v) is 5.35. The summed E-state index contributed by atoms with van der Waals surface area (Å²) in [5, 5.41) is 12.0. The van der Waals surface area contributed by atoms with Crippen molar-refractivity contribution >= 4 is 0 Å². The lowest BCUT2D eigenvalue weighted by Crippen LogP contribution is -2.38. The number of nitrogens with zero attached hydrogens (tertiary/aromatic N) is 1. The van der Waals surface area contributed by atoms with Crippen molar-refractivity contribution in [3.05, 3.63) is 0 Å². The van der Waals surface area contributed by atoms with Crippen LogP contribution in [-0.4, -0.2) is 12.1 Å². The predicted octanol–water partition coefficient (Wildman–Crippen LogP) is 2.46. The standard InChI is InChI=1S/C11H20N2/c1-9-3-5-11(6-4-9)13-10(2)7-8-12/h9-11,13H,3-7H2,1-2H3. The normalized spacial score (nSPS) is 30.8. The van der Waals surface area contributed by atoms with E-state index in [1.807, 2.05) is 0 Å². The molecule has 1 unspecified atom stereocenters. The maximum atomic E-state index is 8.52. The van der Waals surface area contributed by atoms with Crippen LogP contribution in [0.2, 0.25) is 0 Å². The molecule has 74 valence electrons. The molecule has 1 rings (SSSR count). The summed E-state index contributed by atoms with van der Waals surface area (Å²) in [6.45, 7) is 4.43. The highest BCUT2D eigenvalue weighted by Crippen LogP contribution is 2.23. The van der Waals surface area contributed by atoms with Crippen molar-refractivity contribution in [3.63, 3.8) is 0 Å². The SMILES string of the molecule is CC1CCC(NC(C)CC#N)CC1. The van der Waals surface area contributed by atoms with E-state index in [1.54, 1.807) is 0 Å². The molecule has 1 aliphatic carbocycles. The molecule has 1 aliphatic rings. The fourth-order valence-corrected chi connectivity index (χ4v) is 2.02. The summed E-state index contributed by atoms with van der Waals surface area (Å²) in [6, 6.07) is 3.23. The zero-order valence-electron chi connectivity index (χ0n) is 8.71. The minimum Gasteiger partial charge on any atom is -0.310 e. The largest absolute Gasteiger partial charge is 0.310 e.